The number of nitrogens with zero attached hydrogens (tertiary/aromatic N) is 1. The number of aryl methyl sites for hydroxylation is 1. The molecule has 2 unspecified atom stereocenters. The Morgan fingerprint density at radius 3 is 3.00 bits per heavy atom. The Bertz CT molecular complexity index is 419. The molecule has 1 aromatic heterocycles. The van der Waals surface area contributed by atoms with Gasteiger partial charge in [-0.05, 0) is 44.4 Å². The van der Waals surface area contributed by atoms with Gasteiger partial charge in [-0.25, -0.2) is 0 Å². The van der Waals surface area contributed by atoms with Crippen molar-refractivity contribution in [3.63, 3.8) is 0 Å². The summed E-state index contributed by atoms with van der Waals surface area (Å²) in [5.41, 5.74) is 7.42. The van der Waals surface area contributed by atoms with Crippen LogP contribution in [-0.2, 0) is 4.79 Å². The average Bonchev–Trinajstić information content (AvgIpc) is 2.41. The van der Waals surface area contributed by atoms with Crippen LogP contribution >= 0.6 is 0 Å². The SMILES string of the molecule is Cc1ncccc1NC(=O)C1CCCCC1CN. The van der Waals surface area contributed by atoms with Crippen LogP contribution in [0.5, 0.6) is 0 Å². The van der Waals surface area contributed by atoms with Gasteiger partial charge in [0.2, 0.25) is 5.91 Å². The highest BCUT2D eigenvalue weighted by molar-refractivity contribution is 5.93. The standard InChI is InChI=1S/C14H21N3O/c1-10-13(7-4-8-16-10)17-14(18)12-6-3-2-5-11(12)9-15/h4,7-8,11-12H,2-3,5-6,9,15H2,1H3,(H,17,18). The first-order valence-electron chi connectivity index (χ1n) is 6.65. The first-order valence-corrected chi connectivity index (χ1v) is 6.65. The van der Waals surface area contributed by atoms with Gasteiger partial charge in [0, 0.05) is 12.1 Å². The van der Waals surface area contributed by atoms with E-state index in [9.17, 15) is 4.79 Å². The van der Waals surface area contributed by atoms with Gasteiger partial charge in [-0.1, -0.05) is 12.8 Å². The lowest BCUT2D eigenvalue weighted by Crippen LogP contribution is -2.35. The molecular weight excluding hydrogens is 226 g/mol. The fourth-order valence-corrected chi connectivity index (χ4v) is 2.68. The molecule has 2 rings (SSSR count). The summed E-state index contributed by atoms with van der Waals surface area (Å²) in [6, 6.07) is 3.73. The van der Waals surface area contributed by atoms with Gasteiger partial charge in [-0.2, -0.15) is 0 Å². The maximum atomic E-state index is 12.3. The van der Waals surface area contributed by atoms with Gasteiger partial charge in [0.05, 0.1) is 11.4 Å². The summed E-state index contributed by atoms with van der Waals surface area (Å²) >= 11 is 0. The van der Waals surface area contributed by atoms with Gasteiger partial charge >= 0.3 is 0 Å². The first-order chi connectivity index (χ1) is 8.72. The molecule has 1 saturated carbocycles. The number of rotatable bonds is 3. The van der Waals surface area contributed by atoms with Crippen LogP contribution in [0.15, 0.2) is 18.3 Å². The molecule has 0 aliphatic heterocycles. The van der Waals surface area contributed by atoms with Gasteiger partial charge < -0.3 is 11.1 Å². The Morgan fingerprint density at radius 1 is 1.50 bits per heavy atom. The minimum atomic E-state index is 0.0587. The number of nitrogens with two attached hydrogens (primary N) is 1. The maximum absolute atomic E-state index is 12.3. The van der Waals surface area contributed by atoms with Crippen molar-refractivity contribution in [3.8, 4) is 0 Å². The molecule has 98 valence electrons. The molecule has 4 nitrogen and oxygen atoms in total. The number of carbonyl (C=O) groups excluding carboxylic acids is 1. The van der Waals surface area contributed by atoms with Crippen molar-refractivity contribution in [2.24, 2.45) is 17.6 Å². The summed E-state index contributed by atoms with van der Waals surface area (Å²) in [6.07, 6.45) is 6.07. The van der Waals surface area contributed by atoms with Crippen molar-refractivity contribution in [1.82, 2.24) is 4.98 Å². The normalized spacial score (nSPS) is 23.7. The fourth-order valence-electron chi connectivity index (χ4n) is 2.68. The van der Waals surface area contributed by atoms with Gasteiger partial charge in [0.1, 0.15) is 0 Å². The van der Waals surface area contributed by atoms with E-state index >= 15 is 0 Å². The molecular formula is C14H21N3O. The minimum absolute atomic E-state index is 0.0587. The van der Waals surface area contributed by atoms with Gasteiger partial charge in [-0.15, -0.1) is 0 Å². The van der Waals surface area contributed by atoms with Crippen molar-refractivity contribution in [1.29, 1.82) is 0 Å². The highest BCUT2D eigenvalue weighted by Crippen LogP contribution is 2.30. The number of anilines is 1. The maximum Gasteiger partial charge on any atom is 0.227 e. The Kier molecular flexibility index (Phi) is 4.31. The van der Waals surface area contributed by atoms with Crippen LogP contribution in [0.1, 0.15) is 31.4 Å². The molecule has 1 aliphatic rings. The van der Waals surface area contributed by atoms with Crippen molar-refractivity contribution in [2.45, 2.75) is 32.6 Å². The Balaban J connectivity index is 2.05. The number of pyridine rings is 1. The summed E-state index contributed by atoms with van der Waals surface area (Å²) < 4.78 is 0. The van der Waals surface area contributed by atoms with Crippen molar-refractivity contribution in [3.05, 3.63) is 24.0 Å². The number of nitrogens with one attached hydrogen (secondary N) is 1. The molecule has 0 saturated heterocycles. The van der Waals surface area contributed by atoms with E-state index in [-0.39, 0.29) is 11.8 Å². The molecule has 4 heteroatoms. The zero-order valence-corrected chi connectivity index (χ0v) is 10.9. The smallest absolute Gasteiger partial charge is 0.227 e. The molecule has 2 atom stereocenters. The van der Waals surface area contributed by atoms with Crippen molar-refractivity contribution < 1.29 is 4.79 Å². The zero-order valence-electron chi connectivity index (χ0n) is 10.9. The quantitative estimate of drug-likeness (QED) is 0.859. The third-order valence-electron chi connectivity index (χ3n) is 3.81. The third kappa shape index (κ3) is 2.88. The molecule has 0 aromatic carbocycles. The van der Waals surface area contributed by atoms with E-state index in [1.54, 1.807) is 6.20 Å². The predicted octanol–water partition coefficient (Wildman–Crippen LogP) is 2.09. The van der Waals surface area contributed by atoms with Gasteiger partial charge in [0.25, 0.3) is 0 Å². The van der Waals surface area contributed by atoms with E-state index in [0.717, 1.165) is 30.6 Å². The predicted molar refractivity (Wildman–Crippen MR) is 72.1 cm³/mol. The number of carbonyl (C=O) groups is 1. The van der Waals surface area contributed by atoms with Gasteiger partial charge in [0.15, 0.2) is 0 Å². The first kappa shape index (κ1) is 13.0. The number of aromatic nitrogens is 1. The van der Waals surface area contributed by atoms with Crippen LogP contribution in [0.4, 0.5) is 5.69 Å². The van der Waals surface area contributed by atoms with Crippen LogP contribution in [0, 0.1) is 18.8 Å². The lowest BCUT2D eigenvalue weighted by Gasteiger charge is -2.29. The average molecular weight is 247 g/mol. The number of hydrogen-bond donors (Lipinski definition) is 2. The Hall–Kier alpha value is -1.42. The van der Waals surface area contributed by atoms with Crippen LogP contribution in [-0.4, -0.2) is 17.4 Å². The summed E-state index contributed by atoms with van der Waals surface area (Å²) in [5, 5.41) is 2.99. The zero-order chi connectivity index (χ0) is 13.0. The lowest BCUT2D eigenvalue weighted by molar-refractivity contribution is -0.122. The molecule has 1 fully saturated rings. The highest BCUT2D eigenvalue weighted by Gasteiger charge is 2.30. The largest absolute Gasteiger partial charge is 0.330 e. The second-order valence-corrected chi connectivity index (χ2v) is 5.01. The topological polar surface area (TPSA) is 68.0 Å². The summed E-state index contributed by atoms with van der Waals surface area (Å²) in [7, 11) is 0. The monoisotopic (exact) mass is 247 g/mol. The van der Waals surface area contributed by atoms with Crippen LogP contribution in [0.2, 0.25) is 0 Å². The molecule has 0 bridgehead atoms. The molecule has 0 radical (unpaired) electrons. The summed E-state index contributed by atoms with van der Waals surface area (Å²) in [4.78, 5) is 16.5. The van der Waals surface area contributed by atoms with Crippen LogP contribution in [0.3, 0.4) is 0 Å². The second kappa shape index (κ2) is 5.96. The van der Waals surface area contributed by atoms with E-state index in [1.165, 1.54) is 6.42 Å². The Labute approximate surface area is 108 Å². The van der Waals surface area contributed by atoms with Crippen LogP contribution < -0.4 is 11.1 Å². The van der Waals surface area contributed by atoms with E-state index in [2.05, 4.69) is 10.3 Å². The fraction of sp³-hybridized carbons (Fsp3) is 0.571. The van der Waals surface area contributed by atoms with Gasteiger partial charge in [-0.3, -0.25) is 9.78 Å². The second-order valence-electron chi connectivity index (χ2n) is 5.01. The lowest BCUT2D eigenvalue weighted by atomic mass is 9.78. The van der Waals surface area contributed by atoms with E-state index in [4.69, 9.17) is 5.73 Å². The minimum Gasteiger partial charge on any atom is -0.330 e. The van der Waals surface area contributed by atoms with E-state index in [0.29, 0.717) is 12.5 Å². The summed E-state index contributed by atoms with van der Waals surface area (Å²) in [6.45, 7) is 2.50. The van der Waals surface area contributed by atoms with Crippen LogP contribution in [0.25, 0.3) is 0 Å². The van der Waals surface area contributed by atoms with E-state index in [1.807, 2.05) is 19.1 Å². The summed E-state index contributed by atoms with van der Waals surface area (Å²) in [5.74, 6) is 0.486. The third-order valence-corrected chi connectivity index (χ3v) is 3.81. The highest BCUT2D eigenvalue weighted by atomic mass is 16.1. The Morgan fingerprint density at radius 2 is 2.28 bits per heavy atom. The molecule has 1 aromatic rings. The number of hydrogen-bond acceptors (Lipinski definition) is 3. The molecule has 3 N–H and O–H groups in total. The van der Waals surface area contributed by atoms with E-state index < -0.39 is 0 Å². The van der Waals surface area contributed by atoms with Crippen molar-refractivity contribution >= 4 is 11.6 Å². The molecule has 1 amide bonds. The molecule has 1 heterocycles. The molecule has 1 aliphatic carbocycles. The number of amides is 1. The van der Waals surface area contributed by atoms with Crippen molar-refractivity contribution in [2.75, 3.05) is 11.9 Å². The molecule has 18 heavy (non-hydrogen) atoms. The molecule has 0 spiro atoms.